The van der Waals surface area contributed by atoms with Crippen molar-refractivity contribution in [1.82, 2.24) is 14.2 Å². The molecule has 0 spiro atoms. The number of aromatic nitrogens is 1. The molecule has 1 atom stereocenters. The van der Waals surface area contributed by atoms with Crippen molar-refractivity contribution in [3.8, 4) is 0 Å². The van der Waals surface area contributed by atoms with Crippen LogP contribution in [0.15, 0.2) is 24.5 Å². The summed E-state index contributed by atoms with van der Waals surface area (Å²) in [6.45, 7) is 1.31. The molecule has 1 saturated heterocycles. The van der Waals surface area contributed by atoms with Crippen LogP contribution in [0.5, 0.6) is 0 Å². The Labute approximate surface area is 125 Å². The highest BCUT2D eigenvalue weighted by molar-refractivity contribution is 7.88. The van der Waals surface area contributed by atoms with E-state index in [0.29, 0.717) is 19.6 Å². The lowest BCUT2D eigenvalue weighted by Crippen LogP contribution is -2.45. The second-order valence-electron chi connectivity index (χ2n) is 5.51. The molecule has 0 aliphatic carbocycles. The summed E-state index contributed by atoms with van der Waals surface area (Å²) < 4.78 is 24.6. The molecule has 1 amide bonds. The van der Waals surface area contributed by atoms with E-state index in [1.54, 1.807) is 24.3 Å². The zero-order valence-electron chi connectivity index (χ0n) is 12.4. The molecule has 0 unspecified atom stereocenters. The van der Waals surface area contributed by atoms with Gasteiger partial charge in [-0.25, -0.2) is 12.7 Å². The predicted octanol–water partition coefficient (Wildman–Crippen LogP) is 0.712. The Kier molecular flexibility index (Phi) is 4.95. The Morgan fingerprint density at radius 2 is 2.10 bits per heavy atom. The van der Waals surface area contributed by atoms with Crippen molar-refractivity contribution >= 4 is 15.9 Å². The lowest BCUT2D eigenvalue weighted by atomic mass is 9.98. The maximum absolute atomic E-state index is 12.5. The second-order valence-corrected chi connectivity index (χ2v) is 7.49. The number of amides is 1. The molecular formula is C14H21N3O3S. The third kappa shape index (κ3) is 4.25. The highest BCUT2D eigenvalue weighted by Crippen LogP contribution is 2.21. The van der Waals surface area contributed by atoms with Gasteiger partial charge in [0.1, 0.15) is 0 Å². The van der Waals surface area contributed by atoms with Crippen molar-refractivity contribution in [1.29, 1.82) is 0 Å². The summed E-state index contributed by atoms with van der Waals surface area (Å²) in [5.41, 5.74) is 1.01. The smallest absolute Gasteiger partial charge is 0.227 e. The summed E-state index contributed by atoms with van der Waals surface area (Å²) in [5.74, 6) is -0.250. The minimum atomic E-state index is -3.22. The number of sulfonamides is 1. The molecule has 0 saturated carbocycles. The summed E-state index contributed by atoms with van der Waals surface area (Å²) >= 11 is 0. The lowest BCUT2D eigenvalue weighted by molar-refractivity contribution is -0.135. The predicted molar refractivity (Wildman–Crippen MR) is 79.9 cm³/mol. The van der Waals surface area contributed by atoms with Gasteiger partial charge in [-0.15, -0.1) is 0 Å². The number of rotatable bonds is 4. The molecule has 1 fully saturated rings. The highest BCUT2D eigenvalue weighted by atomic mass is 32.2. The van der Waals surface area contributed by atoms with E-state index >= 15 is 0 Å². The SMILES string of the molecule is CN(Cc1ccncc1)C(=O)[C@@H]1CCCN(S(C)(=O)=O)C1. The standard InChI is InChI=1S/C14H21N3O3S/c1-16(10-12-5-7-15-8-6-12)14(18)13-4-3-9-17(11-13)21(2,19)20/h5-8,13H,3-4,9-11H2,1-2H3/t13-/m1/s1. The Morgan fingerprint density at radius 3 is 2.71 bits per heavy atom. The van der Waals surface area contributed by atoms with E-state index in [2.05, 4.69) is 4.98 Å². The first kappa shape index (κ1) is 15.9. The van der Waals surface area contributed by atoms with Gasteiger partial charge in [0.15, 0.2) is 0 Å². The number of hydrogen-bond donors (Lipinski definition) is 0. The lowest BCUT2D eigenvalue weighted by Gasteiger charge is -2.32. The molecule has 1 aliphatic rings. The van der Waals surface area contributed by atoms with Gasteiger partial charge >= 0.3 is 0 Å². The van der Waals surface area contributed by atoms with Crippen LogP contribution in [-0.2, 0) is 21.4 Å². The molecule has 7 heteroatoms. The van der Waals surface area contributed by atoms with Crippen molar-refractivity contribution in [2.24, 2.45) is 5.92 Å². The molecule has 1 aliphatic heterocycles. The Morgan fingerprint density at radius 1 is 1.43 bits per heavy atom. The maximum Gasteiger partial charge on any atom is 0.227 e. The monoisotopic (exact) mass is 311 g/mol. The Balaban J connectivity index is 1.99. The van der Waals surface area contributed by atoms with E-state index in [-0.39, 0.29) is 11.8 Å². The molecule has 2 rings (SSSR count). The summed E-state index contributed by atoms with van der Waals surface area (Å²) in [5, 5.41) is 0. The van der Waals surface area contributed by atoms with E-state index in [9.17, 15) is 13.2 Å². The molecule has 21 heavy (non-hydrogen) atoms. The van der Waals surface area contributed by atoms with Gasteiger partial charge in [0.05, 0.1) is 12.2 Å². The van der Waals surface area contributed by atoms with Crippen LogP contribution in [0.25, 0.3) is 0 Å². The molecule has 0 radical (unpaired) electrons. The van der Waals surface area contributed by atoms with Crippen LogP contribution in [0.4, 0.5) is 0 Å². The molecule has 6 nitrogen and oxygen atoms in total. The van der Waals surface area contributed by atoms with Crippen molar-refractivity contribution in [3.05, 3.63) is 30.1 Å². The summed E-state index contributed by atoms with van der Waals surface area (Å²) in [4.78, 5) is 18.1. The van der Waals surface area contributed by atoms with Crippen molar-refractivity contribution in [2.75, 3.05) is 26.4 Å². The van der Waals surface area contributed by atoms with Crippen molar-refractivity contribution in [2.45, 2.75) is 19.4 Å². The van der Waals surface area contributed by atoms with Gasteiger partial charge in [-0.2, -0.15) is 0 Å². The van der Waals surface area contributed by atoms with Crippen LogP contribution >= 0.6 is 0 Å². The fourth-order valence-electron chi connectivity index (χ4n) is 2.60. The third-order valence-corrected chi connectivity index (χ3v) is 5.02. The Bertz CT molecular complexity index is 589. The number of carbonyl (C=O) groups excluding carboxylic acids is 1. The molecule has 2 heterocycles. The van der Waals surface area contributed by atoms with Crippen LogP contribution in [0, 0.1) is 5.92 Å². The summed E-state index contributed by atoms with van der Waals surface area (Å²) in [6.07, 6.45) is 6.05. The first-order chi connectivity index (χ1) is 9.88. The van der Waals surface area contributed by atoms with Gasteiger partial charge in [0.25, 0.3) is 0 Å². The third-order valence-electron chi connectivity index (χ3n) is 3.75. The number of pyridine rings is 1. The van der Waals surface area contributed by atoms with Gasteiger partial charge in [-0.1, -0.05) is 0 Å². The first-order valence-electron chi connectivity index (χ1n) is 6.97. The number of carbonyl (C=O) groups is 1. The quantitative estimate of drug-likeness (QED) is 0.821. The first-order valence-corrected chi connectivity index (χ1v) is 8.82. The van der Waals surface area contributed by atoms with Crippen LogP contribution in [-0.4, -0.2) is 54.9 Å². The normalized spacial score (nSPS) is 20.2. The number of piperidine rings is 1. The van der Waals surface area contributed by atoms with Crippen LogP contribution in [0.1, 0.15) is 18.4 Å². The summed E-state index contributed by atoms with van der Waals surface area (Å²) in [7, 11) is -1.47. The van der Waals surface area contributed by atoms with Crippen LogP contribution < -0.4 is 0 Å². The average molecular weight is 311 g/mol. The fourth-order valence-corrected chi connectivity index (χ4v) is 3.51. The van der Waals surface area contributed by atoms with Gasteiger partial charge in [-0.05, 0) is 30.5 Å². The highest BCUT2D eigenvalue weighted by Gasteiger charge is 2.31. The topological polar surface area (TPSA) is 70.6 Å². The zero-order chi connectivity index (χ0) is 15.5. The minimum Gasteiger partial charge on any atom is -0.341 e. The van der Waals surface area contributed by atoms with Gasteiger partial charge in [0.2, 0.25) is 15.9 Å². The number of hydrogen-bond acceptors (Lipinski definition) is 4. The fraction of sp³-hybridized carbons (Fsp3) is 0.571. The second kappa shape index (κ2) is 6.53. The average Bonchev–Trinajstić information content (AvgIpc) is 2.46. The van der Waals surface area contributed by atoms with Gasteiger partial charge in [-0.3, -0.25) is 9.78 Å². The molecule has 0 N–H and O–H groups in total. The van der Waals surface area contributed by atoms with E-state index in [1.807, 2.05) is 12.1 Å². The minimum absolute atomic E-state index is 0.000150. The molecule has 1 aromatic heterocycles. The van der Waals surface area contributed by atoms with E-state index < -0.39 is 10.0 Å². The van der Waals surface area contributed by atoms with Crippen molar-refractivity contribution in [3.63, 3.8) is 0 Å². The largest absolute Gasteiger partial charge is 0.341 e. The summed E-state index contributed by atoms with van der Waals surface area (Å²) in [6, 6.07) is 3.74. The van der Waals surface area contributed by atoms with Crippen LogP contribution in [0.3, 0.4) is 0 Å². The molecule has 116 valence electrons. The molecule has 0 bridgehead atoms. The number of nitrogens with zero attached hydrogens (tertiary/aromatic N) is 3. The van der Waals surface area contributed by atoms with Crippen LogP contribution in [0.2, 0.25) is 0 Å². The van der Waals surface area contributed by atoms with E-state index in [4.69, 9.17) is 0 Å². The molecular weight excluding hydrogens is 290 g/mol. The van der Waals surface area contributed by atoms with Gasteiger partial charge in [0, 0.05) is 39.1 Å². The van der Waals surface area contributed by atoms with Gasteiger partial charge < -0.3 is 4.90 Å². The van der Waals surface area contributed by atoms with E-state index in [1.165, 1.54) is 10.6 Å². The maximum atomic E-state index is 12.5. The van der Waals surface area contributed by atoms with Crippen molar-refractivity contribution < 1.29 is 13.2 Å². The molecule has 0 aromatic carbocycles. The zero-order valence-corrected chi connectivity index (χ0v) is 13.2. The Hall–Kier alpha value is -1.47. The van der Waals surface area contributed by atoms with E-state index in [0.717, 1.165) is 18.4 Å². The molecule has 1 aromatic rings.